The van der Waals surface area contributed by atoms with E-state index in [2.05, 4.69) is 5.16 Å². The van der Waals surface area contributed by atoms with Gasteiger partial charge in [-0.3, -0.25) is 4.79 Å². The number of hydrogen-bond donors (Lipinski definition) is 2. The summed E-state index contributed by atoms with van der Waals surface area (Å²) in [6, 6.07) is 3.31. The normalized spacial score (nSPS) is 12.7. The number of amidine groups is 1. The largest absolute Gasteiger partial charge is 0.409 e. The highest BCUT2D eigenvalue weighted by Gasteiger charge is 2.12. The van der Waals surface area contributed by atoms with Crippen molar-refractivity contribution in [3.8, 4) is 0 Å². The van der Waals surface area contributed by atoms with E-state index in [4.69, 9.17) is 15.7 Å². The van der Waals surface area contributed by atoms with Gasteiger partial charge in [-0.25, -0.2) is 0 Å². The van der Waals surface area contributed by atoms with Crippen LogP contribution in [-0.2, 0) is 11.3 Å². The van der Waals surface area contributed by atoms with E-state index in [0.717, 1.165) is 5.69 Å². The smallest absolute Gasteiger partial charge is 0.261 e. The number of rotatable bonds is 4. The lowest BCUT2D eigenvalue weighted by atomic mass is 10.2. The Hall–Kier alpha value is -1.82. The van der Waals surface area contributed by atoms with Gasteiger partial charge in [0, 0.05) is 12.2 Å². The monoisotopic (exact) mass is 267 g/mol. The number of aryl methyl sites for hydroxylation is 1. The molecule has 0 spiro atoms. The highest BCUT2D eigenvalue weighted by atomic mass is 16.5. The number of pyridine rings is 1. The van der Waals surface area contributed by atoms with E-state index in [9.17, 15) is 4.79 Å². The molecule has 0 aliphatic carbocycles. The van der Waals surface area contributed by atoms with Crippen molar-refractivity contribution in [2.45, 2.75) is 39.8 Å². The molecule has 0 aromatic carbocycles. The maximum absolute atomic E-state index is 12.2. The lowest BCUT2D eigenvalue weighted by Crippen LogP contribution is -2.33. The lowest BCUT2D eigenvalue weighted by molar-refractivity contribution is -0.00731. The number of nitrogens with zero attached hydrogens (tertiary/aromatic N) is 2. The summed E-state index contributed by atoms with van der Waals surface area (Å²) in [4.78, 5) is 12.2. The Bertz CT molecular complexity index is 527. The highest BCUT2D eigenvalue weighted by Crippen LogP contribution is 2.07. The molecule has 106 valence electrons. The van der Waals surface area contributed by atoms with Crippen LogP contribution >= 0.6 is 0 Å². The van der Waals surface area contributed by atoms with Crippen LogP contribution in [0.1, 0.15) is 32.0 Å². The summed E-state index contributed by atoms with van der Waals surface area (Å²) in [7, 11) is 0. The van der Waals surface area contributed by atoms with Gasteiger partial charge >= 0.3 is 0 Å². The maximum atomic E-state index is 12.2. The van der Waals surface area contributed by atoms with E-state index in [1.165, 1.54) is 0 Å². The van der Waals surface area contributed by atoms with E-state index >= 15 is 0 Å². The molecule has 1 heterocycles. The minimum absolute atomic E-state index is 0.184. The average molecular weight is 267 g/mol. The van der Waals surface area contributed by atoms with Gasteiger partial charge in [-0.05, 0) is 39.8 Å². The fraction of sp³-hybridized carbons (Fsp3) is 0.538. The lowest BCUT2D eigenvalue weighted by Gasteiger charge is -2.20. The SMILES string of the molecule is Cc1ccc(/C(N)=N/O)c(=O)n1CCOC(C)(C)C. The molecule has 1 aromatic heterocycles. The Kier molecular flexibility index (Phi) is 4.72. The Labute approximate surface area is 112 Å². The molecule has 0 atom stereocenters. The Morgan fingerprint density at radius 2 is 2.11 bits per heavy atom. The first-order valence-electron chi connectivity index (χ1n) is 6.08. The first kappa shape index (κ1) is 15.2. The second-order valence-electron chi connectivity index (χ2n) is 5.29. The van der Waals surface area contributed by atoms with E-state index in [1.54, 1.807) is 16.7 Å². The Morgan fingerprint density at radius 1 is 1.47 bits per heavy atom. The van der Waals surface area contributed by atoms with Crippen LogP contribution in [0.15, 0.2) is 22.1 Å². The van der Waals surface area contributed by atoms with Gasteiger partial charge in [0.15, 0.2) is 5.84 Å². The van der Waals surface area contributed by atoms with Gasteiger partial charge in [0.25, 0.3) is 5.56 Å². The predicted octanol–water partition coefficient (Wildman–Crippen LogP) is 1.07. The summed E-state index contributed by atoms with van der Waals surface area (Å²) in [6.45, 7) is 8.54. The third-order valence-corrected chi connectivity index (χ3v) is 2.63. The third-order valence-electron chi connectivity index (χ3n) is 2.63. The van der Waals surface area contributed by atoms with Crippen LogP contribution in [0, 0.1) is 6.92 Å². The summed E-state index contributed by atoms with van der Waals surface area (Å²) in [5, 5.41) is 11.5. The molecule has 0 aliphatic rings. The van der Waals surface area contributed by atoms with Gasteiger partial charge in [-0.1, -0.05) is 5.16 Å². The molecular formula is C13H21N3O3. The van der Waals surface area contributed by atoms with Gasteiger partial charge in [0.1, 0.15) is 0 Å². The summed E-state index contributed by atoms with van der Waals surface area (Å²) < 4.78 is 7.15. The van der Waals surface area contributed by atoms with Gasteiger partial charge in [-0.2, -0.15) is 0 Å². The summed E-state index contributed by atoms with van der Waals surface area (Å²) >= 11 is 0. The second-order valence-corrected chi connectivity index (χ2v) is 5.29. The molecule has 1 rings (SSSR count). The fourth-order valence-corrected chi connectivity index (χ4v) is 1.64. The first-order valence-corrected chi connectivity index (χ1v) is 6.08. The van der Waals surface area contributed by atoms with Crippen LogP contribution in [0.2, 0.25) is 0 Å². The molecule has 0 aliphatic heterocycles. The van der Waals surface area contributed by atoms with Gasteiger partial charge < -0.3 is 20.2 Å². The fourth-order valence-electron chi connectivity index (χ4n) is 1.64. The van der Waals surface area contributed by atoms with Gasteiger partial charge in [0.2, 0.25) is 0 Å². The zero-order valence-corrected chi connectivity index (χ0v) is 11.8. The Balaban J connectivity index is 2.98. The molecule has 19 heavy (non-hydrogen) atoms. The number of aromatic nitrogens is 1. The third kappa shape index (κ3) is 4.10. The molecule has 0 saturated carbocycles. The molecule has 0 saturated heterocycles. The zero-order valence-electron chi connectivity index (χ0n) is 11.8. The van der Waals surface area contributed by atoms with E-state index < -0.39 is 0 Å². The van der Waals surface area contributed by atoms with Gasteiger partial charge in [0.05, 0.1) is 17.8 Å². The summed E-state index contributed by atoms with van der Waals surface area (Å²) in [6.07, 6.45) is 0. The number of nitrogens with two attached hydrogens (primary N) is 1. The van der Waals surface area contributed by atoms with E-state index in [0.29, 0.717) is 13.2 Å². The zero-order chi connectivity index (χ0) is 14.6. The van der Waals surface area contributed by atoms with Crippen molar-refractivity contribution in [1.29, 1.82) is 0 Å². The predicted molar refractivity (Wildman–Crippen MR) is 73.7 cm³/mol. The second kappa shape index (κ2) is 5.88. The summed E-state index contributed by atoms with van der Waals surface area (Å²) in [5.74, 6) is -0.185. The Morgan fingerprint density at radius 3 is 2.63 bits per heavy atom. The van der Waals surface area contributed by atoms with Crippen LogP contribution in [0.25, 0.3) is 0 Å². The van der Waals surface area contributed by atoms with Crippen molar-refractivity contribution in [3.05, 3.63) is 33.7 Å². The van der Waals surface area contributed by atoms with Crippen molar-refractivity contribution in [3.63, 3.8) is 0 Å². The summed E-state index contributed by atoms with van der Waals surface area (Å²) in [5.41, 5.74) is 5.92. The van der Waals surface area contributed by atoms with Crippen molar-refractivity contribution < 1.29 is 9.94 Å². The molecular weight excluding hydrogens is 246 g/mol. The van der Waals surface area contributed by atoms with E-state index in [1.807, 2.05) is 27.7 Å². The van der Waals surface area contributed by atoms with Crippen molar-refractivity contribution >= 4 is 5.84 Å². The van der Waals surface area contributed by atoms with Crippen molar-refractivity contribution in [2.75, 3.05) is 6.61 Å². The quantitative estimate of drug-likeness (QED) is 0.369. The average Bonchev–Trinajstić information content (AvgIpc) is 2.31. The molecule has 1 aromatic rings. The molecule has 0 fully saturated rings. The van der Waals surface area contributed by atoms with Crippen LogP contribution in [0.3, 0.4) is 0 Å². The van der Waals surface area contributed by atoms with Crippen LogP contribution < -0.4 is 11.3 Å². The standard InChI is InChI=1S/C13H21N3O3/c1-9-5-6-10(11(14)15-18)12(17)16(9)7-8-19-13(2,3)4/h5-6,18H,7-8H2,1-4H3,(H2,14,15). The molecule has 0 unspecified atom stereocenters. The number of ether oxygens (including phenoxy) is 1. The van der Waals surface area contributed by atoms with E-state index in [-0.39, 0.29) is 22.6 Å². The number of oxime groups is 1. The van der Waals surface area contributed by atoms with Crippen molar-refractivity contribution in [1.82, 2.24) is 4.57 Å². The minimum atomic E-state index is -0.284. The minimum Gasteiger partial charge on any atom is -0.409 e. The molecule has 6 heteroatoms. The number of hydrogen-bond acceptors (Lipinski definition) is 4. The van der Waals surface area contributed by atoms with Crippen molar-refractivity contribution in [2.24, 2.45) is 10.9 Å². The molecule has 3 N–H and O–H groups in total. The highest BCUT2D eigenvalue weighted by molar-refractivity contribution is 5.96. The molecule has 6 nitrogen and oxygen atoms in total. The molecule has 0 bridgehead atoms. The van der Waals surface area contributed by atoms with Crippen LogP contribution in [0.5, 0.6) is 0 Å². The maximum Gasteiger partial charge on any atom is 0.261 e. The van der Waals surface area contributed by atoms with Crippen LogP contribution in [-0.4, -0.2) is 27.8 Å². The van der Waals surface area contributed by atoms with Gasteiger partial charge in [-0.15, -0.1) is 0 Å². The topological polar surface area (TPSA) is 89.8 Å². The van der Waals surface area contributed by atoms with Crippen LogP contribution in [0.4, 0.5) is 0 Å². The molecule has 0 radical (unpaired) electrons. The first-order chi connectivity index (χ1) is 8.76. The molecule has 0 amide bonds.